The first-order chi connectivity index (χ1) is 7.42. The second-order valence-corrected chi connectivity index (χ2v) is 3.29. The van der Waals surface area contributed by atoms with Gasteiger partial charge in [0, 0.05) is 0 Å². The number of hydrogen-bond acceptors (Lipinski definition) is 3. The molecule has 0 aromatic heterocycles. The molecule has 0 unspecified atom stereocenters. The molecule has 0 heterocycles. The van der Waals surface area contributed by atoms with Crippen molar-refractivity contribution in [3.05, 3.63) is 29.6 Å². The first kappa shape index (κ1) is 12.8. The van der Waals surface area contributed by atoms with Crippen LogP contribution in [0.3, 0.4) is 0 Å². The Morgan fingerprint density at radius 3 is 2.62 bits per heavy atom. The van der Waals surface area contributed by atoms with Gasteiger partial charge in [-0.1, -0.05) is 6.07 Å². The Kier molecular flexibility index (Phi) is 3.77. The second kappa shape index (κ2) is 4.71. The van der Waals surface area contributed by atoms with E-state index in [-0.39, 0.29) is 11.3 Å². The Labute approximate surface area is 90.6 Å². The molecule has 1 atom stereocenters. The summed E-state index contributed by atoms with van der Waals surface area (Å²) in [5.74, 6) is -4.28. The molecule has 0 aliphatic heterocycles. The molecule has 0 bridgehead atoms. The van der Waals surface area contributed by atoms with Crippen LogP contribution in [-0.4, -0.2) is 24.7 Å². The molecule has 3 nitrogen and oxygen atoms in total. The second-order valence-electron chi connectivity index (χ2n) is 3.29. The number of methoxy groups -OCH3 is 1. The number of benzene rings is 1. The maximum Gasteiger partial charge on any atom is 0.289 e. The van der Waals surface area contributed by atoms with Crippen LogP contribution in [0.4, 0.5) is 13.2 Å². The molecule has 0 saturated heterocycles. The smallest absolute Gasteiger partial charge is 0.289 e. The number of aliphatic hydroxyl groups excluding tert-OH is 1. The number of hydrogen-bond donors (Lipinski definition) is 2. The van der Waals surface area contributed by atoms with Crippen LogP contribution < -0.4 is 10.5 Å². The van der Waals surface area contributed by atoms with Gasteiger partial charge >= 0.3 is 0 Å². The topological polar surface area (TPSA) is 55.5 Å². The van der Waals surface area contributed by atoms with Gasteiger partial charge in [0.25, 0.3) is 5.92 Å². The first-order valence-corrected chi connectivity index (χ1v) is 4.50. The molecule has 90 valence electrons. The maximum absolute atomic E-state index is 13.1. The van der Waals surface area contributed by atoms with Crippen molar-refractivity contribution in [3.8, 4) is 5.75 Å². The molecule has 0 aliphatic carbocycles. The highest BCUT2D eigenvalue weighted by Gasteiger charge is 2.37. The lowest BCUT2D eigenvalue weighted by Crippen LogP contribution is -2.36. The van der Waals surface area contributed by atoms with E-state index < -0.39 is 24.4 Å². The Balaban J connectivity index is 3.05. The summed E-state index contributed by atoms with van der Waals surface area (Å²) >= 11 is 0. The summed E-state index contributed by atoms with van der Waals surface area (Å²) in [4.78, 5) is 0. The van der Waals surface area contributed by atoms with Gasteiger partial charge in [0.1, 0.15) is 6.61 Å². The zero-order valence-electron chi connectivity index (χ0n) is 8.58. The van der Waals surface area contributed by atoms with E-state index in [1.807, 2.05) is 0 Å². The van der Waals surface area contributed by atoms with Gasteiger partial charge in [-0.2, -0.15) is 0 Å². The van der Waals surface area contributed by atoms with Crippen molar-refractivity contribution < 1.29 is 23.0 Å². The third-order valence-electron chi connectivity index (χ3n) is 2.20. The summed E-state index contributed by atoms with van der Waals surface area (Å²) in [5, 5.41) is 8.47. The van der Waals surface area contributed by atoms with Crippen LogP contribution in [0.5, 0.6) is 5.75 Å². The summed E-state index contributed by atoms with van der Waals surface area (Å²) in [6, 6.07) is 1.50. The molecule has 0 radical (unpaired) electrons. The van der Waals surface area contributed by atoms with E-state index in [0.717, 1.165) is 18.2 Å². The molecule has 3 N–H and O–H groups in total. The normalized spacial score (nSPS) is 13.6. The quantitative estimate of drug-likeness (QED) is 0.830. The van der Waals surface area contributed by atoms with Crippen molar-refractivity contribution in [2.75, 3.05) is 13.7 Å². The molecule has 1 aromatic carbocycles. The van der Waals surface area contributed by atoms with E-state index in [1.165, 1.54) is 7.11 Å². The van der Waals surface area contributed by atoms with Crippen LogP contribution in [0.15, 0.2) is 18.2 Å². The van der Waals surface area contributed by atoms with E-state index >= 15 is 0 Å². The lowest BCUT2D eigenvalue weighted by molar-refractivity contribution is -0.0712. The number of alkyl halides is 2. The molecule has 0 saturated carbocycles. The van der Waals surface area contributed by atoms with E-state index in [9.17, 15) is 13.2 Å². The van der Waals surface area contributed by atoms with Crippen LogP contribution in [0.1, 0.15) is 11.6 Å². The Bertz CT molecular complexity index is 371. The molecule has 1 aromatic rings. The minimum Gasteiger partial charge on any atom is -0.494 e. The lowest BCUT2D eigenvalue weighted by Gasteiger charge is -2.22. The van der Waals surface area contributed by atoms with E-state index in [1.54, 1.807) is 0 Å². The molecule has 6 heteroatoms. The van der Waals surface area contributed by atoms with Crippen LogP contribution >= 0.6 is 0 Å². The van der Waals surface area contributed by atoms with E-state index in [0.29, 0.717) is 0 Å². The van der Waals surface area contributed by atoms with Crippen molar-refractivity contribution in [2.24, 2.45) is 5.73 Å². The predicted molar refractivity (Wildman–Crippen MR) is 51.9 cm³/mol. The van der Waals surface area contributed by atoms with Gasteiger partial charge < -0.3 is 15.6 Å². The number of ether oxygens (including phenoxy) is 1. The molecule has 0 amide bonds. The highest BCUT2D eigenvalue weighted by atomic mass is 19.3. The fraction of sp³-hybridized carbons (Fsp3) is 0.400. The summed E-state index contributed by atoms with van der Waals surface area (Å²) in [7, 11) is 1.22. The third kappa shape index (κ3) is 2.45. The monoisotopic (exact) mass is 235 g/mol. The minimum atomic E-state index is -3.46. The Hall–Kier alpha value is -1.27. The lowest BCUT2D eigenvalue weighted by atomic mass is 10.0. The summed E-state index contributed by atoms with van der Waals surface area (Å²) < 4.78 is 43.8. The van der Waals surface area contributed by atoms with Crippen molar-refractivity contribution in [1.82, 2.24) is 0 Å². The SMILES string of the molecule is COc1cc([C@@H](N)C(F)(F)CO)ccc1F. The standard InChI is InChI=1S/C10H12F3NO2/c1-16-8-4-6(2-3-7(8)11)9(14)10(12,13)5-15/h2-4,9,15H,5,14H2,1H3/t9-/m1/s1. The predicted octanol–water partition coefficient (Wildman–Crippen LogP) is 1.46. The average Bonchev–Trinajstić information content (AvgIpc) is 2.28. The molecule has 0 fully saturated rings. The fourth-order valence-corrected chi connectivity index (χ4v) is 1.21. The minimum absolute atomic E-state index is 0.00250. The van der Waals surface area contributed by atoms with E-state index in [4.69, 9.17) is 10.8 Å². The summed E-state index contributed by atoms with van der Waals surface area (Å²) in [5.41, 5.74) is 5.27. The number of aliphatic hydroxyl groups is 1. The highest BCUT2D eigenvalue weighted by Crippen LogP contribution is 2.31. The molecular weight excluding hydrogens is 223 g/mol. The number of nitrogens with two attached hydrogens (primary N) is 1. The molecule has 0 aliphatic rings. The number of halogens is 3. The van der Waals surface area contributed by atoms with Crippen molar-refractivity contribution in [3.63, 3.8) is 0 Å². The van der Waals surface area contributed by atoms with Gasteiger partial charge in [0.15, 0.2) is 11.6 Å². The zero-order valence-corrected chi connectivity index (χ0v) is 8.58. The van der Waals surface area contributed by atoms with Crippen LogP contribution in [-0.2, 0) is 0 Å². The van der Waals surface area contributed by atoms with Gasteiger partial charge in [-0.25, -0.2) is 13.2 Å². The van der Waals surface area contributed by atoms with Gasteiger partial charge in [0.05, 0.1) is 13.2 Å². The fourth-order valence-electron chi connectivity index (χ4n) is 1.21. The van der Waals surface area contributed by atoms with Gasteiger partial charge in [-0.15, -0.1) is 0 Å². The third-order valence-corrected chi connectivity index (χ3v) is 2.20. The summed E-state index contributed by atoms with van der Waals surface area (Å²) in [6.07, 6.45) is 0. The van der Waals surface area contributed by atoms with Gasteiger partial charge in [0.2, 0.25) is 0 Å². The van der Waals surface area contributed by atoms with Crippen LogP contribution in [0.25, 0.3) is 0 Å². The highest BCUT2D eigenvalue weighted by molar-refractivity contribution is 5.32. The zero-order chi connectivity index (χ0) is 12.3. The van der Waals surface area contributed by atoms with Gasteiger partial charge in [-0.3, -0.25) is 0 Å². The van der Waals surface area contributed by atoms with Crippen molar-refractivity contribution in [2.45, 2.75) is 12.0 Å². The molecule has 1 rings (SSSR count). The average molecular weight is 235 g/mol. The van der Waals surface area contributed by atoms with Crippen LogP contribution in [0, 0.1) is 5.82 Å². The number of rotatable bonds is 4. The van der Waals surface area contributed by atoms with E-state index in [2.05, 4.69) is 4.74 Å². The largest absolute Gasteiger partial charge is 0.494 e. The van der Waals surface area contributed by atoms with Crippen molar-refractivity contribution >= 4 is 0 Å². The maximum atomic E-state index is 13.1. The molecule has 16 heavy (non-hydrogen) atoms. The Morgan fingerprint density at radius 2 is 2.12 bits per heavy atom. The van der Waals surface area contributed by atoms with Gasteiger partial charge in [-0.05, 0) is 17.7 Å². The first-order valence-electron chi connectivity index (χ1n) is 4.50. The van der Waals surface area contributed by atoms with Crippen LogP contribution in [0.2, 0.25) is 0 Å². The summed E-state index contributed by atoms with van der Waals surface area (Å²) in [6.45, 7) is -1.37. The molecular formula is C10H12F3NO2. The van der Waals surface area contributed by atoms with Crippen molar-refractivity contribution in [1.29, 1.82) is 0 Å². The Morgan fingerprint density at radius 1 is 1.50 bits per heavy atom. The molecule has 0 spiro atoms.